The number of rotatable bonds is 5. The molecule has 1 saturated carbocycles. The van der Waals surface area contributed by atoms with E-state index in [4.69, 9.17) is 4.74 Å². The van der Waals surface area contributed by atoms with E-state index in [1.807, 2.05) is 0 Å². The van der Waals surface area contributed by atoms with Crippen LogP contribution in [0.5, 0.6) is 0 Å². The first kappa shape index (κ1) is 15.5. The van der Waals surface area contributed by atoms with Gasteiger partial charge in [-0.25, -0.2) is 4.79 Å². The number of hydrogen-bond donors (Lipinski definition) is 4. The number of amides is 1. The standard InChI is InChI=1S/C14H20N2O5/c1-13(2)10(17)6-14(13,12(19)20)16-11(18)9-5-4-8(15-9)7-21-3/h4-5,10,15,17H,6-7H2,1-3H3,(H,16,18)(H,19,20). The predicted octanol–water partition coefficient (Wildman–Crippen LogP) is 0.505. The van der Waals surface area contributed by atoms with Gasteiger partial charge in [-0.05, 0) is 12.1 Å². The quantitative estimate of drug-likeness (QED) is 0.632. The molecule has 1 heterocycles. The van der Waals surface area contributed by atoms with Crippen LogP contribution < -0.4 is 5.32 Å². The number of H-pyrrole nitrogens is 1. The van der Waals surface area contributed by atoms with Crippen molar-refractivity contribution in [3.05, 3.63) is 23.5 Å². The van der Waals surface area contributed by atoms with E-state index in [1.54, 1.807) is 26.0 Å². The molecule has 1 aliphatic carbocycles. The number of aromatic amines is 1. The van der Waals surface area contributed by atoms with Crippen LogP contribution in [0.4, 0.5) is 0 Å². The van der Waals surface area contributed by atoms with Gasteiger partial charge in [-0.1, -0.05) is 13.8 Å². The highest BCUT2D eigenvalue weighted by molar-refractivity contribution is 5.97. The SMILES string of the molecule is COCc1ccc(C(=O)NC2(C(=O)O)CC(O)C2(C)C)[nH]1. The van der Waals surface area contributed by atoms with Gasteiger partial charge in [-0.15, -0.1) is 0 Å². The van der Waals surface area contributed by atoms with E-state index < -0.39 is 28.9 Å². The van der Waals surface area contributed by atoms with Gasteiger partial charge in [-0.3, -0.25) is 4.79 Å². The first-order chi connectivity index (χ1) is 9.74. The largest absolute Gasteiger partial charge is 0.479 e. The number of ether oxygens (including phenoxy) is 1. The van der Waals surface area contributed by atoms with Crippen LogP contribution in [0.3, 0.4) is 0 Å². The smallest absolute Gasteiger partial charge is 0.330 e. The molecule has 7 heteroatoms. The number of aliphatic hydroxyl groups is 1. The molecular weight excluding hydrogens is 276 g/mol. The molecule has 1 aliphatic rings. The van der Waals surface area contributed by atoms with Crippen molar-refractivity contribution in [1.29, 1.82) is 0 Å². The minimum Gasteiger partial charge on any atom is -0.479 e. The van der Waals surface area contributed by atoms with E-state index in [0.29, 0.717) is 6.61 Å². The third-order valence-electron chi connectivity index (χ3n) is 4.42. The number of carboxylic acid groups (broad SMARTS) is 1. The maximum atomic E-state index is 12.2. The Hall–Kier alpha value is -1.86. The first-order valence-corrected chi connectivity index (χ1v) is 6.65. The average molecular weight is 296 g/mol. The summed E-state index contributed by atoms with van der Waals surface area (Å²) >= 11 is 0. The number of hydrogen-bond acceptors (Lipinski definition) is 4. The Kier molecular flexibility index (Phi) is 3.81. The van der Waals surface area contributed by atoms with Crippen molar-refractivity contribution in [2.75, 3.05) is 7.11 Å². The second kappa shape index (κ2) is 5.16. The molecule has 7 nitrogen and oxygen atoms in total. The van der Waals surface area contributed by atoms with Crippen LogP contribution in [0.2, 0.25) is 0 Å². The minimum atomic E-state index is -1.46. The number of nitrogens with one attached hydrogen (secondary N) is 2. The van der Waals surface area contributed by atoms with Crippen LogP contribution in [0.15, 0.2) is 12.1 Å². The zero-order chi connectivity index (χ0) is 15.8. The topological polar surface area (TPSA) is 112 Å². The second-order valence-electron chi connectivity index (χ2n) is 5.94. The van der Waals surface area contributed by atoms with Gasteiger partial charge in [0, 0.05) is 24.6 Å². The normalized spacial score (nSPS) is 27.0. The summed E-state index contributed by atoms with van der Waals surface area (Å²) in [5, 5.41) is 21.8. The van der Waals surface area contributed by atoms with Gasteiger partial charge in [0.15, 0.2) is 0 Å². The maximum absolute atomic E-state index is 12.2. The van der Waals surface area contributed by atoms with Crippen molar-refractivity contribution in [2.45, 2.75) is 38.5 Å². The van der Waals surface area contributed by atoms with Crippen molar-refractivity contribution in [1.82, 2.24) is 10.3 Å². The monoisotopic (exact) mass is 296 g/mol. The van der Waals surface area contributed by atoms with E-state index in [-0.39, 0.29) is 12.1 Å². The number of carboxylic acids is 1. The molecule has 2 atom stereocenters. The molecule has 0 radical (unpaired) electrons. The summed E-state index contributed by atoms with van der Waals surface area (Å²) in [6, 6.07) is 3.27. The van der Waals surface area contributed by atoms with Crippen molar-refractivity contribution in [3.63, 3.8) is 0 Å². The molecule has 0 aliphatic heterocycles. The van der Waals surface area contributed by atoms with Crippen LogP contribution in [0.25, 0.3) is 0 Å². The lowest BCUT2D eigenvalue weighted by Crippen LogP contribution is -2.75. The van der Waals surface area contributed by atoms with E-state index in [2.05, 4.69) is 10.3 Å². The number of aromatic nitrogens is 1. The molecule has 0 saturated heterocycles. The van der Waals surface area contributed by atoms with E-state index in [1.165, 1.54) is 7.11 Å². The summed E-state index contributed by atoms with van der Waals surface area (Å²) in [6.07, 6.45) is -0.770. The van der Waals surface area contributed by atoms with E-state index in [0.717, 1.165) is 5.69 Å². The first-order valence-electron chi connectivity index (χ1n) is 6.65. The van der Waals surface area contributed by atoms with E-state index >= 15 is 0 Å². The number of aliphatic carboxylic acids is 1. The summed E-state index contributed by atoms with van der Waals surface area (Å²) < 4.78 is 4.95. The zero-order valence-corrected chi connectivity index (χ0v) is 12.3. The molecule has 1 aromatic rings. The Bertz CT molecular complexity index is 565. The molecule has 2 unspecified atom stereocenters. The maximum Gasteiger partial charge on any atom is 0.330 e. The Morgan fingerprint density at radius 2 is 2.14 bits per heavy atom. The van der Waals surface area contributed by atoms with Gasteiger partial charge in [-0.2, -0.15) is 0 Å². The fourth-order valence-electron chi connectivity index (χ4n) is 2.66. The molecule has 0 spiro atoms. The second-order valence-corrected chi connectivity index (χ2v) is 5.94. The van der Waals surface area contributed by atoms with Gasteiger partial charge >= 0.3 is 5.97 Å². The van der Waals surface area contributed by atoms with E-state index in [9.17, 15) is 19.8 Å². The lowest BCUT2D eigenvalue weighted by atomic mass is 9.54. The number of carbonyl (C=O) groups is 2. The molecule has 2 rings (SSSR count). The Balaban J connectivity index is 2.18. The van der Waals surface area contributed by atoms with Gasteiger partial charge in [0.25, 0.3) is 5.91 Å². The predicted molar refractivity (Wildman–Crippen MR) is 73.7 cm³/mol. The molecule has 1 amide bonds. The number of methoxy groups -OCH3 is 1. The van der Waals surface area contributed by atoms with Gasteiger partial charge in [0.1, 0.15) is 11.2 Å². The van der Waals surface area contributed by atoms with Crippen LogP contribution in [-0.2, 0) is 16.1 Å². The van der Waals surface area contributed by atoms with Crippen LogP contribution in [-0.4, -0.2) is 45.8 Å². The molecule has 0 aromatic carbocycles. The molecule has 1 aromatic heterocycles. The fourth-order valence-corrected chi connectivity index (χ4v) is 2.66. The van der Waals surface area contributed by atoms with Crippen molar-refractivity contribution < 1.29 is 24.5 Å². The summed E-state index contributed by atoms with van der Waals surface area (Å²) in [7, 11) is 1.54. The Morgan fingerprint density at radius 1 is 1.48 bits per heavy atom. The van der Waals surface area contributed by atoms with Crippen LogP contribution in [0.1, 0.15) is 36.5 Å². The third-order valence-corrected chi connectivity index (χ3v) is 4.42. The molecule has 116 valence electrons. The van der Waals surface area contributed by atoms with Crippen LogP contribution in [0, 0.1) is 5.41 Å². The lowest BCUT2D eigenvalue weighted by molar-refractivity contribution is -0.180. The van der Waals surface area contributed by atoms with Crippen molar-refractivity contribution in [3.8, 4) is 0 Å². The molecular formula is C14H20N2O5. The number of carbonyl (C=O) groups excluding carboxylic acids is 1. The molecule has 4 N–H and O–H groups in total. The third kappa shape index (κ3) is 2.32. The summed E-state index contributed by atoms with van der Waals surface area (Å²) in [6.45, 7) is 3.59. The molecule has 0 bridgehead atoms. The summed E-state index contributed by atoms with van der Waals surface area (Å²) in [4.78, 5) is 26.7. The molecule has 21 heavy (non-hydrogen) atoms. The average Bonchev–Trinajstić information content (AvgIpc) is 2.86. The highest BCUT2D eigenvalue weighted by Gasteiger charge is 2.65. The summed E-state index contributed by atoms with van der Waals surface area (Å²) in [5.74, 6) is -1.66. The highest BCUT2D eigenvalue weighted by Crippen LogP contribution is 2.49. The Labute approximate surface area is 122 Å². The fraction of sp³-hybridized carbons (Fsp3) is 0.571. The Morgan fingerprint density at radius 3 is 2.62 bits per heavy atom. The number of aliphatic hydroxyl groups excluding tert-OH is 1. The minimum absolute atomic E-state index is 0.00723. The van der Waals surface area contributed by atoms with Gasteiger partial charge < -0.3 is 25.3 Å². The van der Waals surface area contributed by atoms with Gasteiger partial charge in [0.2, 0.25) is 0 Å². The van der Waals surface area contributed by atoms with Crippen LogP contribution >= 0.6 is 0 Å². The van der Waals surface area contributed by atoms with Gasteiger partial charge in [0.05, 0.1) is 12.7 Å². The highest BCUT2D eigenvalue weighted by atomic mass is 16.5. The zero-order valence-electron chi connectivity index (χ0n) is 12.3. The van der Waals surface area contributed by atoms with Crippen molar-refractivity contribution in [2.24, 2.45) is 5.41 Å². The summed E-state index contributed by atoms with van der Waals surface area (Å²) in [5.41, 5.74) is -1.41. The lowest BCUT2D eigenvalue weighted by Gasteiger charge is -2.56. The molecule has 1 fully saturated rings. The van der Waals surface area contributed by atoms with Crippen molar-refractivity contribution >= 4 is 11.9 Å².